The number of thioether (sulfide) groups is 1. The van der Waals surface area contributed by atoms with E-state index in [9.17, 15) is 4.79 Å². The molecular formula is C15H11BrN2O2S2. The predicted octanol–water partition coefficient (Wildman–Crippen LogP) is 4.41. The highest BCUT2D eigenvalue weighted by Crippen LogP contribution is 2.31. The van der Waals surface area contributed by atoms with Crippen molar-refractivity contribution >= 4 is 61.9 Å². The lowest BCUT2D eigenvalue weighted by Crippen LogP contribution is -2.19. The number of aliphatic imine (C=N–C) groups is 1. The Balaban J connectivity index is 1.78. The van der Waals surface area contributed by atoms with Crippen molar-refractivity contribution in [1.29, 1.82) is 0 Å². The number of methoxy groups -OCH3 is 1. The molecule has 1 amide bonds. The van der Waals surface area contributed by atoms with Gasteiger partial charge in [-0.2, -0.15) is 0 Å². The molecule has 0 atom stereocenters. The summed E-state index contributed by atoms with van der Waals surface area (Å²) in [4.78, 5) is 18.1. The van der Waals surface area contributed by atoms with Gasteiger partial charge in [0, 0.05) is 4.88 Å². The van der Waals surface area contributed by atoms with Crippen LogP contribution in [-0.4, -0.2) is 18.2 Å². The quantitative estimate of drug-likeness (QED) is 0.784. The van der Waals surface area contributed by atoms with Crippen LogP contribution < -0.4 is 10.1 Å². The van der Waals surface area contributed by atoms with Gasteiger partial charge in [0.1, 0.15) is 5.75 Å². The Morgan fingerprint density at radius 2 is 2.00 bits per heavy atom. The molecule has 0 aliphatic carbocycles. The third-order valence-electron chi connectivity index (χ3n) is 2.82. The fraction of sp³-hybridized carbons (Fsp3) is 0.0667. The molecule has 1 N–H and O–H groups in total. The molecular weight excluding hydrogens is 384 g/mol. The number of carbonyl (C=O) groups excluding carboxylic acids is 1. The molecule has 4 nitrogen and oxygen atoms in total. The van der Waals surface area contributed by atoms with E-state index in [1.54, 1.807) is 18.4 Å². The Hall–Kier alpha value is -1.57. The Morgan fingerprint density at radius 3 is 2.64 bits per heavy atom. The van der Waals surface area contributed by atoms with E-state index in [1.165, 1.54) is 11.8 Å². The average molecular weight is 395 g/mol. The van der Waals surface area contributed by atoms with Crippen molar-refractivity contribution in [2.75, 3.05) is 7.11 Å². The molecule has 0 unspecified atom stereocenters. The lowest BCUT2D eigenvalue weighted by atomic mass is 10.3. The van der Waals surface area contributed by atoms with Crippen molar-refractivity contribution in [3.8, 4) is 5.75 Å². The molecule has 0 spiro atoms. The number of thiophene rings is 1. The van der Waals surface area contributed by atoms with Crippen molar-refractivity contribution in [2.24, 2.45) is 4.99 Å². The first-order valence-electron chi connectivity index (χ1n) is 6.33. The zero-order valence-electron chi connectivity index (χ0n) is 11.5. The maximum absolute atomic E-state index is 12.0. The van der Waals surface area contributed by atoms with Gasteiger partial charge in [0.15, 0.2) is 5.17 Å². The van der Waals surface area contributed by atoms with Gasteiger partial charge in [0.05, 0.1) is 21.5 Å². The minimum Gasteiger partial charge on any atom is -0.497 e. The number of ether oxygens (including phenoxy) is 1. The van der Waals surface area contributed by atoms with Crippen LogP contribution in [0.5, 0.6) is 5.75 Å². The maximum Gasteiger partial charge on any atom is 0.264 e. The van der Waals surface area contributed by atoms with E-state index in [0.29, 0.717) is 10.1 Å². The number of nitrogens with zero attached hydrogens (tertiary/aromatic N) is 1. The van der Waals surface area contributed by atoms with E-state index in [-0.39, 0.29) is 5.91 Å². The molecule has 0 radical (unpaired) electrons. The third-order valence-corrected chi connectivity index (χ3v) is 5.30. The normalized spacial score (nSPS) is 18.0. The fourth-order valence-corrected chi connectivity index (χ4v) is 4.06. The number of halogens is 1. The van der Waals surface area contributed by atoms with Gasteiger partial charge < -0.3 is 10.1 Å². The fourth-order valence-electron chi connectivity index (χ4n) is 1.79. The Morgan fingerprint density at radius 1 is 1.23 bits per heavy atom. The summed E-state index contributed by atoms with van der Waals surface area (Å²) in [6, 6.07) is 11.3. The van der Waals surface area contributed by atoms with Crippen LogP contribution in [0.1, 0.15) is 4.88 Å². The van der Waals surface area contributed by atoms with Gasteiger partial charge in [-0.25, -0.2) is 4.99 Å². The second-order valence-corrected chi connectivity index (χ2v) is 7.85. The van der Waals surface area contributed by atoms with Crippen LogP contribution in [0.25, 0.3) is 6.08 Å². The minimum atomic E-state index is -0.123. The third kappa shape index (κ3) is 3.60. The molecule has 1 aromatic heterocycles. The van der Waals surface area contributed by atoms with Gasteiger partial charge in [-0.05, 0) is 70.2 Å². The molecule has 112 valence electrons. The Labute approximate surface area is 144 Å². The van der Waals surface area contributed by atoms with Crippen molar-refractivity contribution in [2.45, 2.75) is 0 Å². The largest absolute Gasteiger partial charge is 0.497 e. The maximum atomic E-state index is 12.0. The molecule has 1 fully saturated rings. The summed E-state index contributed by atoms with van der Waals surface area (Å²) in [6.07, 6.45) is 1.87. The first-order valence-corrected chi connectivity index (χ1v) is 8.75. The number of amidine groups is 1. The lowest BCUT2D eigenvalue weighted by molar-refractivity contribution is -0.115. The lowest BCUT2D eigenvalue weighted by Gasteiger charge is -1.99. The van der Waals surface area contributed by atoms with E-state index < -0.39 is 0 Å². The van der Waals surface area contributed by atoms with E-state index >= 15 is 0 Å². The van der Waals surface area contributed by atoms with Crippen molar-refractivity contribution < 1.29 is 9.53 Å². The molecule has 0 saturated carbocycles. The second-order valence-electron chi connectivity index (χ2n) is 4.32. The van der Waals surface area contributed by atoms with Gasteiger partial charge in [-0.3, -0.25) is 4.79 Å². The van der Waals surface area contributed by atoms with E-state index in [2.05, 4.69) is 26.2 Å². The number of carbonyl (C=O) groups is 1. The van der Waals surface area contributed by atoms with Crippen LogP contribution in [0.4, 0.5) is 5.69 Å². The van der Waals surface area contributed by atoms with Gasteiger partial charge in [0.2, 0.25) is 0 Å². The highest BCUT2D eigenvalue weighted by Gasteiger charge is 2.23. The summed E-state index contributed by atoms with van der Waals surface area (Å²) in [6.45, 7) is 0. The van der Waals surface area contributed by atoms with Gasteiger partial charge in [-0.1, -0.05) is 0 Å². The standard InChI is InChI=1S/C15H11BrN2O2S2/c1-20-10-4-2-9(3-5-10)17-15-18-14(19)12(22-15)8-11-6-7-13(16)21-11/h2-8H,1H3,(H,17,18,19)/b12-8+. The molecule has 2 heterocycles. The number of rotatable bonds is 3. The van der Waals surface area contributed by atoms with Crippen molar-refractivity contribution in [1.82, 2.24) is 5.32 Å². The highest BCUT2D eigenvalue weighted by molar-refractivity contribution is 9.11. The van der Waals surface area contributed by atoms with Gasteiger partial charge in [0.25, 0.3) is 5.91 Å². The van der Waals surface area contributed by atoms with Crippen LogP contribution in [-0.2, 0) is 4.79 Å². The molecule has 1 aliphatic heterocycles. The molecule has 7 heteroatoms. The molecule has 22 heavy (non-hydrogen) atoms. The van der Waals surface area contributed by atoms with Crippen LogP contribution in [0.15, 0.2) is 50.1 Å². The zero-order chi connectivity index (χ0) is 15.5. The number of benzene rings is 1. The molecule has 1 saturated heterocycles. The molecule has 2 aromatic rings. The molecule has 0 bridgehead atoms. The van der Waals surface area contributed by atoms with Crippen molar-refractivity contribution in [3.05, 3.63) is 50.0 Å². The second kappa shape index (κ2) is 6.68. The first-order chi connectivity index (χ1) is 10.6. The number of hydrogen-bond donors (Lipinski definition) is 1. The smallest absolute Gasteiger partial charge is 0.264 e. The summed E-state index contributed by atoms with van der Waals surface area (Å²) in [5, 5.41) is 3.36. The summed E-state index contributed by atoms with van der Waals surface area (Å²) in [5.41, 5.74) is 0.767. The summed E-state index contributed by atoms with van der Waals surface area (Å²) >= 11 is 6.33. The average Bonchev–Trinajstić information content (AvgIpc) is 3.06. The minimum absolute atomic E-state index is 0.123. The van der Waals surface area contributed by atoms with Crippen LogP contribution >= 0.6 is 39.0 Å². The van der Waals surface area contributed by atoms with Crippen LogP contribution in [0, 0.1) is 0 Å². The number of hydrogen-bond acceptors (Lipinski definition) is 5. The number of amides is 1. The van der Waals surface area contributed by atoms with Crippen LogP contribution in [0.3, 0.4) is 0 Å². The molecule has 1 aromatic carbocycles. The van der Waals surface area contributed by atoms with Crippen LogP contribution in [0.2, 0.25) is 0 Å². The van der Waals surface area contributed by atoms with Gasteiger partial charge in [-0.15, -0.1) is 11.3 Å². The predicted molar refractivity (Wildman–Crippen MR) is 95.8 cm³/mol. The van der Waals surface area contributed by atoms with E-state index in [4.69, 9.17) is 4.74 Å². The SMILES string of the molecule is COc1ccc(N=C2NC(=O)/C(=C\c3ccc(Br)s3)S2)cc1. The number of nitrogens with one attached hydrogen (secondary N) is 1. The summed E-state index contributed by atoms with van der Waals surface area (Å²) in [5.74, 6) is 0.651. The zero-order valence-corrected chi connectivity index (χ0v) is 14.7. The van der Waals surface area contributed by atoms with Crippen molar-refractivity contribution in [3.63, 3.8) is 0 Å². The summed E-state index contributed by atoms with van der Waals surface area (Å²) in [7, 11) is 1.62. The van der Waals surface area contributed by atoms with Gasteiger partial charge >= 0.3 is 0 Å². The Bertz CT molecular complexity index is 766. The molecule has 3 rings (SSSR count). The Kier molecular flexibility index (Phi) is 4.66. The topological polar surface area (TPSA) is 50.7 Å². The first kappa shape index (κ1) is 15.3. The summed E-state index contributed by atoms with van der Waals surface area (Å²) < 4.78 is 6.14. The van der Waals surface area contributed by atoms with E-state index in [1.807, 2.05) is 42.5 Å². The monoisotopic (exact) mass is 394 g/mol. The van der Waals surface area contributed by atoms with E-state index in [0.717, 1.165) is 20.1 Å². The highest BCUT2D eigenvalue weighted by atomic mass is 79.9. The molecule has 1 aliphatic rings.